The highest BCUT2D eigenvalue weighted by Crippen LogP contribution is 2.54. The van der Waals surface area contributed by atoms with E-state index in [0.717, 1.165) is 72.4 Å². The van der Waals surface area contributed by atoms with Gasteiger partial charge in [-0.25, -0.2) is 10.2 Å². The molecule has 2 fully saturated rings. The Labute approximate surface area is 235 Å². The third kappa shape index (κ3) is 5.13. The Morgan fingerprint density at radius 3 is 2.60 bits per heavy atom. The number of aromatic nitrogens is 1. The lowest BCUT2D eigenvalue weighted by molar-refractivity contribution is -0.132. The van der Waals surface area contributed by atoms with Gasteiger partial charge in [0.05, 0.1) is 17.0 Å². The second-order valence-electron chi connectivity index (χ2n) is 11.1. The minimum atomic E-state index is -0.891. The predicted molar refractivity (Wildman–Crippen MR) is 156 cm³/mol. The second-order valence-corrected chi connectivity index (χ2v) is 11.1. The van der Waals surface area contributed by atoms with E-state index in [4.69, 9.17) is 0 Å². The zero-order chi connectivity index (χ0) is 27.6. The number of carbonyl (C=O) groups excluding carboxylic acids is 1. The van der Waals surface area contributed by atoms with Gasteiger partial charge in [0.2, 0.25) is 0 Å². The average molecular weight is 537 g/mol. The Balaban J connectivity index is 1.27. The summed E-state index contributed by atoms with van der Waals surface area (Å²) in [5, 5.41) is 11.9. The number of benzene rings is 2. The molecule has 3 aliphatic rings. The monoisotopic (exact) mass is 536 g/mol. The quantitative estimate of drug-likeness (QED) is 0.367. The number of allylic oxidation sites excluding steroid dienone is 1. The molecule has 7 heteroatoms. The van der Waals surface area contributed by atoms with Crippen LogP contribution in [0, 0.1) is 5.92 Å². The van der Waals surface area contributed by atoms with Crippen LogP contribution in [-0.2, 0) is 4.79 Å². The Kier molecular flexibility index (Phi) is 7.39. The summed E-state index contributed by atoms with van der Waals surface area (Å²) in [6, 6.07) is 22.2. The lowest BCUT2D eigenvalue weighted by Gasteiger charge is -2.36. The SMILES string of the molecule is CCCC1CCCCN1C(=O)c1cccc(-c2cccc(N3NCC(C(=O)O)=C3C3CC3c3ccccn3)c2)c1. The summed E-state index contributed by atoms with van der Waals surface area (Å²) in [7, 11) is 0. The van der Waals surface area contributed by atoms with Crippen LogP contribution < -0.4 is 10.4 Å². The van der Waals surface area contributed by atoms with E-state index in [1.165, 1.54) is 6.42 Å². The van der Waals surface area contributed by atoms with Crippen LogP contribution in [0.3, 0.4) is 0 Å². The van der Waals surface area contributed by atoms with Gasteiger partial charge in [0.25, 0.3) is 5.91 Å². The molecule has 0 bridgehead atoms. The van der Waals surface area contributed by atoms with Gasteiger partial charge < -0.3 is 10.0 Å². The maximum Gasteiger partial charge on any atom is 0.334 e. The average Bonchev–Trinajstić information content (AvgIpc) is 3.66. The molecule has 7 nitrogen and oxygen atoms in total. The summed E-state index contributed by atoms with van der Waals surface area (Å²) < 4.78 is 0. The Morgan fingerprint density at radius 1 is 1.00 bits per heavy atom. The number of hydrazine groups is 1. The van der Waals surface area contributed by atoms with E-state index >= 15 is 0 Å². The molecule has 3 atom stereocenters. The van der Waals surface area contributed by atoms with Gasteiger partial charge in [-0.05, 0) is 79.6 Å². The molecule has 1 aliphatic carbocycles. The predicted octanol–water partition coefficient (Wildman–Crippen LogP) is 6.01. The number of carbonyl (C=O) groups is 2. The topological polar surface area (TPSA) is 85.8 Å². The van der Waals surface area contributed by atoms with Crippen LogP contribution in [0.25, 0.3) is 11.1 Å². The fourth-order valence-electron chi connectivity index (χ4n) is 6.42. The Hall–Kier alpha value is -3.97. The van der Waals surface area contributed by atoms with E-state index in [1.54, 1.807) is 6.20 Å². The number of nitrogens with one attached hydrogen (secondary N) is 1. The van der Waals surface area contributed by atoms with Crippen molar-refractivity contribution >= 4 is 17.6 Å². The van der Waals surface area contributed by atoms with Crippen molar-refractivity contribution in [3.05, 3.63) is 95.5 Å². The first-order chi connectivity index (χ1) is 19.5. The minimum absolute atomic E-state index is 0.0983. The van der Waals surface area contributed by atoms with Crippen molar-refractivity contribution < 1.29 is 14.7 Å². The zero-order valence-corrected chi connectivity index (χ0v) is 22.9. The largest absolute Gasteiger partial charge is 0.478 e. The van der Waals surface area contributed by atoms with Gasteiger partial charge in [0.15, 0.2) is 0 Å². The van der Waals surface area contributed by atoms with Crippen molar-refractivity contribution in [2.24, 2.45) is 5.92 Å². The first-order valence-electron chi connectivity index (χ1n) is 14.5. The van der Waals surface area contributed by atoms with Gasteiger partial charge in [-0.15, -0.1) is 0 Å². The smallest absolute Gasteiger partial charge is 0.334 e. The third-order valence-electron chi connectivity index (χ3n) is 8.49. The minimum Gasteiger partial charge on any atom is -0.478 e. The van der Waals surface area contributed by atoms with Crippen LogP contribution in [0.2, 0.25) is 0 Å². The standard InChI is InChI=1S/C33H36N4O3/c1-2-9-25-13-4-6-17-36(25)32(38)24-12-7-10-22(18-24)23-11-8-14-26(19-23)37-31(29(21-35-37)33(39)40)28-20-27(28)30-15-3-5-16-34-30/h3,5,7-8,10-12,14-16,18-19,25,27-28,35H,2,4,6,9,13,17,20-21H2,1H3,(H,39,40). The number of pyridine rings is 1. The van der Waals surface area contributed by atoms with E-state index in [1.807, 2.05) is 65.7 Å². The van der Waals surface area contributed by atoms with E-state index in [-0.39, 0.29) is 24.3 Å². The summed E-state index contributed by atoms with van der Waals surface area (Å²) in [5.41, 5.74) is 9.09. The first-order valence-corrected chi connectivity index (χ1v) is 14.5. The van der Waals surface area contributed by atoms with Gasteiger partial charge in [-0.1, -0.05) is 43.7 Å². The number of aliphatic carboxylic acids is 1. The van der Waals surface area contributed by atoms with Crippen LogP contribution in [0.4, 0.5) is 5.69 Å². The maximum absolute atomic E-state index is 13.6. The van der Waals surface area contributed by atoms with Crippen molar-refractivity contribution in [1.82, 2.24) is 15.3 Å². The summed E-state index contributed by atoms with van der Waals surface area (Å²) >= 11 is 0. The van der Waals surface area contributed by atoms with Crippen molar-refractivity contribution in [3.8, 4) is 11.1 Å². The highest BCUT2D eigenvalue weighted by molar-refractivity contribution is 5.96. The number of rotatable bonds is 8. The number of piperidine rings is 1. The van der Waals surface area contributed by atoms with Crippen LogP contribution in [0.5, 0.6) is 0 Å². The number of carboxylic acids is 1. The number of carboxylic acid groups (broad SMARTS) is 1. The molecule has 0 radical (unpaired) electrons. The number of nitrogens with zero attached hydrogens (tertiary/aromatic N) is 3. The molecule has 2 aliphatic heterocycles. The lowest BCUT2D eigenvalue weighted by Crippen LogP contribution is -2.43. The van der Waals surface area contributed by atoms with Gasteiger partial charge in [0, 0.05) is 48.4 Å². The maximum atomic E-state index is 13.6. The molecule has 3 unspecified atom stereocenters. The van der Waals surface area contributed by atoms with Gasteiger partial charge >= 0.3 is 5.97 Å². The van der Waals surface area contributed by atoms with Gasteiger partial charge in [0.1, 0.15) is 0 Å². The van der Waals surface area contributed by atoms with E-state index in [9.17, 15) is 14.7 Å². The number of amides is 1. The van der Waals surface area contributed by atoms with Crippen molar-refractivity contribution in [1.29, 1.82) is 0 Å². The number of hydrogen-bond donors (Lipinski definition) is 2. The number of likely N-dealkylation sites (tertiary alicyclic amines) is 1. The molecule has 1 amide bonds. The summed E-state index contributed by atoms with van der Waals surface area (Å²) in [6.07, 6.45) is 8.13. The molecular formula is C33H36N4O3. The molecule has 2 aromatic carbocycles. The van der Waals surface area contributed by atoms with Crippen LogP contribution in [-0.4, -0.2) is 46.0 Å². The van der Waals surface area contributed by atoms with Crippen LogP contribution in [0.15, 0.2) is 84.2 Å². The normalized spacial score (nSPS) is 22.5. The highest BCUT2D eigenvalue weighted by atomic mass is 16.4. The van der Waals surface area contributed by atoms with Crippen molar-refractivity contribution in [2.75, 3.05) is 18.1 Å². The fraction of sp³-hybridized carbons (Fsp3) is 0.364. The van der Waals surface area contributed by atoms with E-state index in [2.05, 4.69) is 28.3 Å². The summed E-state index contributed by atoms with van der Waals surface area (Å²) in [6.45, 7) is 3.28. The molecular weight excluding hydrogens is 500 g/mol. The third-order valence-corrected chi connectivity index (χ3v) is 8.49. The molecule has 206 valence electrons. The molecule has 1 saturated carbocycles. The summed E-state index contributed by atoms with van der Waals surface area (Å²) in [4.78, 5) is 32.3. The van der Waals surface area contributed by atoms with E-state index < -0.39 is 5.97 Å². The molecule has 1 aromatic heterocycles. The first kappa shape index (κ1) is 26.3. The van der Waals surface area contributed by atoms with Crippen LogP contribution >= 0.6 is 0 Å². The molecule has 40 heavy (non-hydrogen) atoms. The Bertz CT molecular complexity index is 1430. The van der Waals surface area contributed by atoms with Gasteiger partial charge in [-0.2, -0.15) is 0 Å². The van der Waals surface area contributed by atoms with Crippen molar-refractivity contribution in [2.45, 2.75) is 57.4 Å². The van der Waals surface area contributed by atoms with Gasteiger partial charge in [-0.3, -0.25) is 14.8 Å². The second kappa shape index (κ2) is 11.3. The molecule has 6 rings (SSSR count). The van der Waals surface area contributed by atoms with Crippen molar-refractivity contribution in [3.63, 3.8) is 0 Å². The highest BCUT2D eigenvalue weighted by Gasteiger charge is 2.48. The summed E-state index contributed by atoms with van der Waals surface area (Å²) in [5.74, 6) is -0.465. The molecule has 2 N–H and O–H groups in total. The molecule has 1 saturated heterocycles. The molecule has 0 spiro atoms. The Morgan fingerprint density at radius 2 is 1.82 bits per heavy atom. The van der Waals surface area contributed by atoms with E-state index in [0.29, 0.717) is 11.6 Å². The number of hydrogen-bond acceptors (Lipinski definition) is 5. The molecule has 3 aromatic rings. The fourth-order valence-corrected chi connectivity index (χ4v) is 6.42. The zero-order valence-electron chi connectivity index (χ0n) is 22.9. The molecule has 3 heterocycles. The number of anilines is 1. The lowest BCUT2D eigenvalue weighted by atomic mass is 9.96. The van der Waals surface area contributed by atoms with Crippen LogP contribution in [0.1, 0.15) is 67.4 Å².